The van der Waals surface area contributed by atoms with Crippen LogP contribution in [0.3, 0.4) is 0 Å². The van der Waals surface area contributed by atoms with Crippen molar-refractivity contribution in [2.24, 2.45) is 5.92 Å². The molecule has 1 aromatic rings. The van der Waals surface area contributed by atoms with Crippen LogP contribution in [0.5, 0.6) is 5.75 Å². The van der Waals surface area contributed by atoms with Crippen LogP contribution in [0.25, 0.3) is 0 Å². The van der Waals surface area contributed by atoms with E-state index in [4.69, 9.17) is 10.00 Å². The van der Waals surface area contributed by atoms with E-state index in [1.165, 1.54) is 0 Å². The van der Waals surface area contributed by atoms with Gasteiger partial charge in [0.1, 0.15) is 11.7 Å². The fraction of sp³-hybridized carbons (Fsp3) is 0.467. The van der Waals surface area contributed by atoms with Gasteiger partial charge in [-0.3, -0.25) is 4.79 Å². The van der Waals surface area contributed by atoms with Crippen LogP contribution in [0.2, 0.25) is 0 Å². The van der Waals surface area contributed by atoms with Crippen LogP contribution in [-0.4, -0.2) is 18.6 Å². The number of ether oxygens (including phenoxy) is 1. The van der Waals surface area contributed by atoms with E-state index in [0.717, 1.165) is 11.3 Å². The largest absolute Gasteiger partial charge is 0.494 e. The third-order valence-electron chi connectivity index (χ3n) is 2.55. The molecule has 0 aliphatic carbocycles. The van der Waals surface area contributed by atoms with Crippen molar-refractivity contribution in [3.63, 3.8) is 0 Å². The summed E-state index contributed by atoms with van der Waals surface area (Å²) in [4.78, 5) is 11.8. The predicted molar refractivity (Wildman–Crippen MR) is 73.7 cm³/mol. The first-order chi connectivity index (χ1) is 9.06. The van der Waals surface area contributed by atoms with Gasteiger partial charge in [0.15, 0.2) is 0 Å². The quantitative estimate of drug-likeness (QED) is 0.853. The van der Waals surface area contributed by atoms with E-state index in [2.05, 4.69) is 11.4 Å². The van der Waals surface area contributed by atoms with E-state index in [1.54, 1.807) is 0 Å². The van der Waals surface area contributed by atoms with Crippen molar-refractivity contribution in [2.45, 2.75) is 33.2 Å². The molecule has 1 unspecified atom stereocenters. The first-order valence-electron chi connectivity index (χ1n) is 6.48. The lowest BCUT2D eigenvalue weighted by Crippen LogP contribution is -2.35. The molecule has 19 heavy (non-hydrogen) atoms. The summed E-state index contributed by atoms with van der Waals surface area (Å²) in [5.41, 5.74) is 0.927. The highest BCUT2D eigenvalue weighted by Crippen LogP contribution is 2.16. The normalized spacial score (nSPS) is 11.7. The average Bonchev–Trinajstić information content (AvgIpc) is 2.36. The molecule has 0 heterocycles. The second kappa shape index (κ2) is 7.42. The zero-order valence-electron chi connectivity index (χ0n) is 11.6. The molecular weight excluding hydrogens is 240 g/mol. The lowest BCUT2D eigenvalue weighted by molar-refractivity contribution is -0.123. The summed E-state index contributed by atoms with van der Waals surface area (Å²) in [6.07, 6.45) is 0.399. The number of nitriles is 1. The highest BCUT2D eigenvalue weighted by molar-refractivity contribution is 5.81. The van der Waals surface area contributed by atoms with E-state index in [0.29, 0.717) is 13.0 Å². The molecule has 4 nitrogen and oxygen atoms in total. The first-order valence-corrected chi connectivity index (χ1v) is 6.48. The van der Waals surface area contributed by atoms with Crippen molar-refractivity contribution in [3.05, 3.63) is 29.8 Å². The van der Waals surface area contributed by atoms with Gasteiger partial charge in [0.2, 0.25) is 5.91 Å². The molecule has 0 aromatic heterocycles. The Kier molecular flexibility index (Phi) is 5.87. The molecule has 1 atom stereocenters. The summed E-state index contributed by atoms with van der Waals surface area (Å²) in [7, 11) is 0. The third-order valence-corrected chi connectivity index (χ3v) is 2.55. The van der Waals surface area contributed by atoms with Crippen molar-refractivity contribution >= 4 is 5.91 Å². The van der Waals surface area contributed by atoms with E-state index >= 15 is 0 Å². The second-order valence-corrected chi connectivity index (χ2v) is 4.63. The Labute approximate surface area is 114 Å². The molecule has 1 N–H and O–H groups in total. The van der Waals surface area contributed by atoms with Crippen molar-refractivity contribution in [1.82, 2.24) is 5.32 Å². The topological polar surface area (TPSA) is 62.1 Å². The molecule has 1 rings (SSSR count). The molecule has 1 aromatic carbocycles. The Bertz CT molecular complexity index is 463. The van der Waals surface area contributed by atoms with Crippen LogP contribution in [0, 0.1) is 17.2 Å². The van der Waals surface area contributed by atoms with Crippen LogP contribution in [0.15, 0.2) is 24.3 Å². The number of nitrogens with zero attached hydrogens (tertiary/aromatic N) is 1. The molecule has 102 valence electrons. The maximum absolute atomic E-state index is 11.8. The number of nitrogens with one attached hydrogen (secondary N) is 1. The zero-order chi connectivity index (χ0) is 14.3. The standard InChI is InChI=1S/C15H20N2O2/c1-4-19-14-7-5-6-12(9-14)8-13(10-16)15(18)17-11(2)3/h5-7,9,11,13H,4,8H2,1-3H3,(H,17,18). The predicted octanol–water partition coefficient (Wildman–Crippen LogP) is 2.29. The highest BCUT2D eigenvalue weighted by Gasteiger charge is 2.19. The Hall–Kier alpha value is -2.02. The van der Waals surface area contributed by atoms with Gasteiger partial charge in [-0.1, -0.05) is 12.1 Å². The van der Waals surface area contributed by atoms with Crippen LogP contribution in [0.1, 0.15) is 26.3 Å². The lowest BCUT2D eigenvalue weighted by atomic mass is 9.99. The van der Waals surface area contributed by atoms with E-state index in [1.807, 2.05) is 45.0 Å². The van der Waals surface area contributed by atoms with Crippen LogP contribution in [-0.2, 0) is 11.2 Å². The Morgan fingerprint density at radius 2 is 2.21 bits per heavy atom. The molecule has 0 spiro atoms. The van der Waals surface area contributed by atoms with Gasteiger partial charge in [-0.15, -0.1) is 0 Å². The van der Waals surface area contributed by atoms with Gasteiger partial charge in [-0.05, 0) is 44.9 Å². The van der Waals surface area contributed by atoms with Crippen molar-refractivity contribution in [2.75, 3.05) is 6.61 Å². The maximum atomic E-state index is 11.8. The van der Waals surface area contributed by atoms with E-state index < -0.39 is 5.92 Å². The highest BCUT2D eigenvalue weighted by atomic mass is 16.5. The molecule has 4 heteroatoms. The summed E-state index contributed by atoms with van der Waals surface area (Å²) >= 11 is 0. The van der Waals surface area contributed by atoms with E-state index in [-0.39, 0.29) is 11.9 Å². The summed E-state index contributed by atoms with van der Waals surface area (Å²) in [5.74, 6) is -0.125. The van der Waals surface area contributed by atoms with Crippen molar-refractivity contribution < 1.29 is 9.53 Å². The Morgan fingerprint density at radius 3 is 2.79 bits per heavy atom. The van der Waals surface area contributed by atoms with Gasteiger partial charge >= 0.3 is 0 Å². The minimum atomic E-state index is -0.667. The SMILES string of the molecule is CCOc1cccc(CC(C#N)C(=O)NC(C)C)c1. The van der Waals surface area contributed by atoms with Gasteiger partial charge in [0, 0.05) is 6.04 Å². The number of hydrogen-bond acceptors (Lipinski definition) is 3. The van der Waals surface area contributed by atoms with Gasteiger partial charge in [0.05, 0.1) is 12.7 Å². The monoisotopic (exact) mass is 260 g/mol. The number of hydrogen-bond donors (Lipinski definition) is 1. The first kappa shape index (κ1) is 15.0. The van der Waals surface area contributed by atoms with Crippen LogP contribution in [0.4, 0.5) is 0 Å². The molecule has 1 amide bonds. The van der Waals surface area contributed by atoms with Crippen molar-refractivity contribution in [3.8, 4) is 11.8 Å². The molecule has 0 aliphatic rings. The minimum Gasteiger partial charge on any atom is -0.494 e. The zero-order valence-corrected chi connectivity index (χ0v) is 11.6. The fourth-order valence-electron chi connectivity index (χ4n) is 1.75. The minimum absolute atomic E-state index is 0.0399. The molecule has 0 saturated carbocycles. The smallest absolute Gasteiger partial charge is 0.237 e. The third kappa shape index (κ3) is 5.01. The van der Waals surface area contributed by atoms with E-state index in [9.17, 15) is 4.79 Å². The summed E-state index contributed by atoms with van der Waals surface area (Å²) in [6.45, 7) is 6.27. The second-order valence-electron chi connectivity index (χ2n) is 4.63. The Balaban J connectivity index is 2.73. The number of rotatable bonds is 6. The average molecular weight is 260 g/mol. The number of benzene rings is 1. The molecule has 0 radical (unpaired) electrons. The number of carbonyl (C=O) groups excluding carboxylic acids is 1. The van der Waals surface area contributed by atoms with Gasteiger partial charge in [-0.2, -0.15) is 5.26 Å². The van der Waals surface area contributed by atoms with Gasteiger partial charge in [-0.25, -0.2) is 0 Å². The number of amides is 1. The fourth-order valence-corrected chi connectivity index (χ4v) is 1.75. The summed E-state index contributed by atoms with van der Waals surface area (Å²) < 4.78 is 5.40. The van der Waals surface area contributed by atoms with Gasteiger partial charge in [0.25, 0.3) is 0 Å². The Morgan fingerprint density at radius 1 is 1.47 bits per heavy atom. The molecule has 0 fully saturated rings. The van der Waals surface area contributed by atoms with Crippen LogP contribution >= 0.6 is 0 Å². The summed E-state index contributed by atoms with van der Waals surface area (Å²) in [5, 5.41) is 11.9. The van der Waals surface area contributed by atoms with Crippen molar-refractivity contribution in [1.29, 1.82) is 5.26 Å². The molecular formula is C15H20N2O2. The maximum Gasteiger partial charge on any atom is 0.237 e. The number of carbonyl (C=O) groups is 1. The molecule has 0 saturated heterocycles. The van der Waals surface area contributed by atoms with Crippen LogP contribution < -0.4 is 10.1 Å². The molecule has 0 aliphatic heterocycles. The molecule has 0 bridgehead atoms. The van der Waals surface area contributed by atoms with Gasteiger partial charge < -0.3 is 10.1 Å². The summed E-state index contributed by atoms with van der Waals surface area (Å²) in [6, 6.07) is 9.60. The lowest BCUT2D eigenvalue weighted by Gasteiger charge is -2.13.